The van der Waals surface area contributed by atoms with Gasteiger partial charge in [-0.25, -0.2) is 9.97 Å². The molecule has 1 aromatic carbocycles. The number of imidazole rings is 1. The summed E-state index contributed by atoms with van der Waals surface area (Å²) in [4.78, 5) is 23.6. The number of nitrogens with one attached hydrogen (secondary N) is 3. The highest BCUT2D eigenvalue weighted by atomic mass is 32.1. The van der Waals surface area contributed by atoms with Crippen LogP contribution >= 0.6 is 11.3 Å². The topological polar surface area (TPSA) is 125 Å². The van der Waals surface area contributed by atoms with E-state index in [2.05, 4.69) is 30.5 Å². The number of thiazole rings is 1. The van der Waals surface area contributed by atoms with Crippen LogP contribution in [0.1, 0.15) is 16.2 Å². The van der Waals surface area contributed by atoms with E-state index in [4.69, 9.17) is 5.73 Å². The van der Waals surface area contributed by atoms with E-state index in [1.165, 1.54) is 11.3 Å². The molecule has 1 amide bonds. The van der Waals surface area contributed by atoms with E-state index in [-0.39, 0.29) is 5.91 Å². The number of rotatable bonds is 4. The number of nitrogens with zero attached hydrogens (tertiary/aromatic N) is 3. The summed E-state index contributed by atoms with van der Waals surface area (Å²) >= 11 is 1.35. The van der Waals surface area contributed by atoms with Gasteiger partial charge in [-0.2, -0.15) is 5.10 Å². The molecule has 0 spiro atoms. The van der Waals surface area contributed by atoms with E-state index < -0.39 is 0 Å². The fourth-order valence-electron chi connectivity index (χ4n) is 2.49. The summed E-state index contributed by atoms with van der Waals surface area (Å²) in [5.41, 5.74) is 8.67. The third-order valence-corrected chi connectivity index (χ3v) is 4.47. The minimum absolute atomic E-state index is 0.227. The Morgan fingerprint density at radius 1 is 1.39 bits per heavy atom. The number of hydrogen-bond acceptors (Lipinski definition) is 6. The van der Waals surface area contributed by atoms with Gasteiger partial charge in [-0.1, -0.05) is 11.3 Å². The third kappa shape index (κ3) is 2.40. The molecule has 0 atom stereocenters. The highest BCUT2D eigenvalue weighted by Crippen LogP contribution is 2.32. The van der Waals surface area contributed by atoms with Gasteiger partial charge in [0, 0.05) is 24.9 Å². The maximum Gasteiger partial charge on any atom is 0.272 e. The number of anilines is 1. The predicted molar refractivity (Wildman–Crippen MR) is 88.3 cm³/mol. The number of aromatic amines is 2. The second-order valence-electron chi connectivity index (χ2n) is 5.04. The quantitative estimate of drug-likeness (QED) is 0.451. The molecule has 8 nitrogen and oxygen atoms in total. The number of carbonyl (C=O) groups is 1. The summed E-state index contributed by atoms with van der Waals surface area (Å²) in [5.74, 6) is -0.227. The molecule has 0 fully saturated rings. The van der Waals surface area contributed by atoms with Gasteiger partial charge < -0.3 is 16.0 Å². The molecule has 23 heavy (non-hydrogen) atoms. The number of benzene rings is 1. The Bertz CT molecular complexity index is 985. The van der Waals surface area contributed by atoms with Crippen molar-refractivity contribution in [2.75, 3.05) is 12.3 Å². The summed E-state index contributed by atoms with van der Waals surface area (Å²) in [7, 11) is 0. The molecule has 0 aliphatic heterocycles. The molecule has 3 heterocycles. The average molecular weight is 327 g/mol. The second-order valence-corrected chi connectivity index (χ2v) is 6.07. The first-order chi connectivity index (χ1) is 11.2. The first-order valence-corrected chi connectivity index (χ1v) is 7.82. The summed E-state index contributed by atoms with van der Waals surface area (Å²) in [5, 5.41) is 11.1. The van der Waals surface area contributed by atoms with E-state index in [9.17, 15) is 4.79 Å². The van der Waals surface area contributed by atoms with Crippen LogP contribution in [0.5, 0.6) is 0 Å². The molecule has 4 aromatic rings. The lowest BCUT2D eigenvalue weighted by Gasteiger charge is -2.02. The van der Waals surface area contributed by atoms with Crippen molar-refractivity contribution in [1.82, 2.24) is 30.5 Å². The number of aromatic nitrogens is 5. The Kier molecular flexibility index (Phi) is 3.19. The Morgan fingerprint density at radius 3 is 3.13 bits per heavy atom. The molecular formula is C14H13N7OS. The Balaban J connectivity index is 1.62. The van der Waals surface area contributed by atoms with Crippen molar-refractivity contribution in [3.63, 3.8) is 0 Å². The second kappa shape index (κ2) is 5.36. The van der Waals surface area contributed by atoms with Gasteiger partial charge in [0.2, 0.25) is 0 Å². The average Bonchev–Trinajstić information content (AvgIpc) is 3.24. The zero-order valence-corrected chi connectivity index (χ0v) is 12.8. The molecule has 0 unspecified atom stereocenters. The van der Waals surface area contributed by atoms with E-state index in [1.807, 2.05) is 12.1 Å². The van der Waals surface area contributed by atoms with Gasteiger partial charge in [-0.15, -0.1) is 0 Å². The number of carbonyl (C=O) groups excluding carboxylic acids is 1. The van der Waals surface area contributed by atoms with Gasteiger partial charge in [0.05, 0.1) is 27.4 Å². The monoisotopic (exact) mass is 327 g/mol. The lowest BCUT2D eigenvalue weighted by molar-refractivity contribution is 0.0950. The summed E-state index contributed by atoms with van der Waals surface area (Å²) < 4.78 is 0.868. The SMILES string of the molecule is Nc1nc2ccc3[nH]nc(C(=O)NCCc4cnc[nH]4)c3c2s1. The number of nitrogen functional groups attached to an aromatic ring is 1. The van der Waals surface area contributed by atoms with Gasteiger partial charge in [-0.05, 0) is 12.1 Å². The van der Waals surface area contributed by atoms with Crippen LogP contribution in [-0.2, 0) is 6.42 Å². The zero-order valence-electron chi connectivity index (χ0n) is 12.0. The molecule has 0 bridgehead atoms. The molecular weight excluding hydrogens is 314 g/mol. The van der Waals surface area contributed by atoms with Crippen molar-refractivity contribution in [2.45, 2.75) is 6.42 Å². The molecule has 0 aliphatic carbocycles. The molecule has 0 saturated carbocycles. The Morgan fingerprint density at radius 2 is 2.30 bits per heavy atom. The Hall–Kier alpha value is -2.94. The van der Waals surface area contributed by atoms with Crippen LogP contribution < -0.4 is 11.1 Å². The van der Waals surface area contributed by atoms with E-state index in [1.54, 1.807) is 12.5 Å². The zero-order chi connectivity index (χ0) is 15.8. The van der Waals surface area contributed by atoms with Gasteiger partial charge in [0.25, 0.3) is 5.91 Å². The van der Waals surface area contributed by atoms with Gasteiger partial charge in [0.15, 0.2) is 10.8 Å². The van der Waals surface area contributed by atoms with Crippen molar-refractivity contribution in [1.29, 1.82) is 0 Å². The molecule has 4 rings (SSSR count). The standard InChI is InChI=1S/C14H13N7OS/c15-14-19-9-2-1-8-10(12(9)23-14)11(21-20-8)13(22)17-4-3-7-5-16-6-18-7/h1-2,5-6H,3-4H2,(H2,15,19)(H,16,18)(H,17,22)(H,20,21). The van der Waals surface area contributed by atoms with Gasteiger partial charge in [-0.3, -0.25) is 9.89 Å². The lowest BCUT2D eigenvalue weighted by Crippen LogP contribution is -2.26. The highest BCUT2D eigenvalue weighted by Gasteiger charge is 2.18. The van der Waals surface area contributed by atoms with Gasteiger partial charge >= 0.3 is 0 Å². The van der Waals surface area contributed by atoms with Crippen molar-refractivity contribution in [3.8, 4) is 0 Å². The van der Waals surface area contributed by atoms with Crippen LogP contribution in [-0.4, -0.2) is 37.6 Å². The number of nitrogens with two attached hydrogens (primary N) is 1. The number of hydrogen-bond donors (Lipinski definition) is 4. The van der Waals surface area contributed by atoms with Crippen LogP contribution in [0.3, 0.4) is 0 Å². The lowest BCUT2D eigenvalue weighted by atomic mass is 10.2. The smallest absolute Gasteiger partial charge is 0.272 e. The summed E-state index contributed by atoms with van der Waals surface area (Å²) in [6, 6.07) is 3.72. The fourth-order valence-corrected chi connectivity index (χ4v) is 3.37. The van der Waals surface area contributed by atoms with Crippen molar-refractivity contribution < 1.29 is 4.79 Å². The minimum atomic E-state index is -0.227. The molecule has 0 radical (unpaired) electrons. The highest BCUT2D eigenvalue weighted by molar-refractivity contribution is 7.23. The van der Waals surface area contributed by atoms with Crippen molar-refractivity contribution >= 4 is 43.5 Å². The summed E-state index contributed by atoms with van der Waals surface area (Å²) in [6.07, 6.45) is 4.03. The molecule has 5 N–H and O–H groups in total. The van der Waals surface area contributed by atoms with Crippen LogP contribution in [0.25, 0.3) is 21.1 Å². The van der Waals surface area contributed by atoms with Crippen LogP contribution in [0.15, 0.2) is 24.7 Å². The molecule has 116 valence electrons. The minimum Gasteiger partial charge on any atom is -0.375 e. The summed E-state index contributed by atoms with van der Waals surface area (Å²) in [6.45, 7) is 0.496. The largest absolute Gasteiger partial charge is 0.375 e. The maximum atomic E-state index is 12.4. The third-order valence-electron chi connectivity index (χ3n) is 3.55. The van der Waals surface area contributed by atoms with E-state index in [0.717, 1.165) is 26.8 Å². The van der Waals surface area contributed by atoms with Crippen LogP contribution in [0.2, 0.25) is 0 Å². The maximum absolute atomic E-state index is 12.4. The fraction of sp³-hybridized carbons (Fsp3) is 0.143. The van der Waals surface area contributed by atoms with Crippen LogP contribution in [0.4, 0.5) is 5.13 Å². The van der Waals surface area contributed by atoms with E-state index in [0.29, 0.717) is 23.8 Å². The molecule has 9 heteroatoms. The number of H-pyrrole nitrogens is 2. The first-order valence-electron chi connectivity index (χ1n) is 7.01. The van der Waals surface area contributed by atoms with Crippen LogP contribution in [0, 0.1) is 0 Å². The normalized spacial score (nSPS) is 11.3. The number of amides is 1. The molecule has 3 aromatic heterocycles. The van der Waals surface area contributed by atoms with Crippen molar-refractivity contribution in [3.05, 3.63) is 36.0 Å². The van der Waals surface area contributed by atoms with Crippen molar-refractivity contribution in [2.24, 2.45) is 0 Å². The predicted octanol–water partition coefficient (Wildman–Crippen LogP) is 1.45. The Labute approximate surface area is 134 Å². The number of fused-ring (bicyclic) bond motifs is 3. The molecule has 0 saturated heterocycles. The van der Waals surface area contributed by atoms with E-state index >= 15 is 0 Å². The first kappa shape index (κ1) is 13.7. The molecule has 0 aliphatic rings. The van der Waals surface area contributed by atoms with Gasteiger partial charge in [0.1, 0.15) is 0 Å².